The summed E-state index contributed by atoms with van der Waals surface area (Å²) in [5.41, 5.74) is 0. The molecule has 0 bridgehead atoms. The molecular weight excluding hydrogens is 193 g/mol. The first-order valence-electron chi connectivity index (χ1n) is 5.67. The summed E-state index contributed by atoms with van der Waals surface area (Å²) in [6.07, 6.45) is 7.38. The Labute approximate surface area is 90.4 Å². The van der Waals surface area contributed by atoms with E-state index in [9.17, 15) is 4.39 Å². The number of hydrogen-bond acceptors (Lipinski definition) is 2. The first kappa shape index (κ1) is 10.7. The molecule has 0 saturated carbocycles. The first-order chi connectivity index (χ1) is 7.25. The number of nitrogens with zero attached hydrogens (tertiary/aromatic N) is 1. The summed E-state index contributed by atoms with van der Waals surface area (Å²) < 4.78 is 19.0. The Morgan fingerprint density at radius 3 is 2.60 bits per heavy atom. The normalized spacial score (nSPS) is 24.7. The summed E-state index contributed by atoms with van der Waals surface area (Å²) in [6, 6.07) is 0. The lowest BCUT2D eigenvalue weighted by Crippen LogP contribution is -2.34. The van der Waals surface area contributed by atoms with Crippen LogP contribution < -0.4 is 0 Å². The van der Waals surface area contributed by atoms with E-state index in [1.807, 2.05) is 6.08 Å². The lowest BCUT2D eigenvalue weighted by Gasteiger charge is -2.30. The molecule has 1 aliphatic carbocycles. The lowest BCUT2D eigenvalue weighted by atomic mass is 10.1. The van der Waals surface area contributed by atoms with Crippen molar-refractivity contribution in [2.45, 2.75) is 31.8 Å². The third kappa shape index (κ3) is 2.81. The molecule has 15 heavy (non-hydrogen) atoms. The van der Waals surface area contributed by atoms with E-state index in [1.165, 1.54) is 0 Å². The standard InChI is InChI=1S/C12H18FNO/c1-14-8-6-10(7-9-14)15-12-5-3-2-4-11(12)13/h4-5,10H,2-3,6-9H2,1H3. The van der Waals surface area contributed by atoms with Gasteiger partial charge in [0.25, 0.3) is 0 Å². The van der Waals surface area contributed by atoms with E-state index in [1.54, 1.807) is 6.08 Å². The van der Waals surface area contributed by atoms with Crippen LogP contribution in [0.4, 0.5) is 4.39 Å². The van der Waals surface area contributed by atoms with Gasteiger partial charge >= 0.3 is 0 Å². The number of hydrogen-bond donors (Lipinski definition) is 0. The summed E-state index contributed by atoms with van der Waals surface area (Å²) in [5.74, 6) is 0.288. The van der Waals surface area contributed by atoms with Gasteiger partial charge in [0.1, 0.15) is 6.10 Å². The fraction of sp³-hybridized carbons (Fsp3) is 0.667. The summed E-state index contributed by atoms with van der Waals surface area (Å²) in [6.45, 7) is 2.09. The summed E-state index contributed by atoms with van der Waals surface area (Å²) in [7, 11) is 2.11. The van der Waals surface area contributed by atoms with Gasteiger partial charge in [-0.1, -0.05) is 0 Å². The molecule has 0 aromatic carbocycles. The van der Waals surface area contributed by atoms with E-state index in [0.717, 1.165) is 38.8 Å². The zero-order chi connectivity index (χ0) is 10.7. The van der Waals surface area contributed by atoms with E-state index in [0.29, 0.717) is 5.76 Å². The molecule has 2 nitrogen and oxygen atoms in total. The van der Waals surface area contributed by atoms with Crippen LogP contribution >= 0.6 is 0 Å². The van der Waals surface area contributed by atoms with Gasteiger partial charge < -0.3 is 9.64 Å². The Kier molecular flexibility index (Phi) is 3.41. The predicted molar refractivity (Wildman–Crippen MR) is 58.1 cm³/mol. The van der Waals surface area contributed by atoms with Crippen molar-refractivity contribution >= 4 is 0 Å². The molecule has 0 aromatic heterocycles. The van der Waals surface area contributed by atoms with Crippen molar-refractivity contribution in [2.24, 2.45) is 0 Å². The number of ether oxygens (including phenoxy) is 1. The highest BCUT2D eigenvalue weighted by atomic mass is 19.1. The molecule has 0 atom stereocenters. The van der Waals surface area contributed by atoms with Gasteiger partial charge in [-0.15, -0.1) is 0 Å². The molecule has 2 aliphatic rings. The molecule has 0 unspecified atom stereocenters. The minimum Gasteiger partial charge on any atom is -0.488 e. The van der Waals surface area contributed by atoms with Crippen molar-refractivity contribution in [1.29, 1.82) is 0 Å². The van der Waals surface area contributed by atoms with Crippen LogP contribution in [-0.2, 0) is 4.74 Å². The third-order valence-electron chi connectivity index (χ3n) is 3.01. The summed E-state index contributed by atoms with van der Waals surface area (Å²) >= 11 is 0. The van der Waals surface area contributed by atoms with Crippen molar-refractivity contribution in [1.82, 2.24) is 4.90 Å². The maximum Gasteiger partial charge on any atom is 0.160 e. The van der Waals surface area contributed by atoms with E-state index >= 15 is 0 Å². The molecule has 0 amide bonds. The van der Waals surface area contributed by atoms with Crippen LogP contribution in [0, 0.1) is 0 Å². The number of halogens is 1. The van der Waals surface area contributed by atoms with Crippen molar-refractivity contribution < 1.29 is 9.13 Å². The second-order valence-corrected chi connectivity index (χ2v) is 4.32. The highest BCUT2D eigenvalue weighted by Gasteiger charge is 2.20. The Balaban J connectivity index is 1.86. The van der Waals surface area contributed by atoms with Crippen LogP contribution in [0.2, 0.25) is 0 Å². The molecule has 84 valence electrons. The van der Waals surface area contributed by atoms with Crippen LogP contribution in [-0.4, -0.2) is 31.1 Å². The quantitative estimate of drug-likeness (QED) is 0.696. The summed E-state index contributed by atoms with van der Waals surface area (Å²) in [4.78, 5) is 2.28. The van der Waals surface area contributed by atoms with Crippen LogP contribution in [0.1, 0.15) is 25.7 Å². The zero-order valence-corrected chi connectivity index (χ0v) is 9.21. The maximum atomic E-state index is 13.3. The average Bonchev–Trinajstić information content (AvgIpc) is 2.25. The highest BCUT2D eigenvalue weighted by Crippen LogP contribution is 2.25. The third-order valence-corrected chi connectivity index (χ3v) is 3.01. The Morgan fingerprint density at radius 1 is 1.27 bits per heavy atom. The largest absolute Gasteiger partial charge is 0.488 e. The van der Waals surface area contributed by atoms with Gasteiger partial charge in [0.15, 0.2) is 11.6 Å². The van der Waals surface area contributed by atoms with Gasteiger partial charge in [0.05, 0.1) is 0 Å². The average molecular weight is 211 g/mol. The fourth-order valence-electron chi connectivity index (χ4n) is 2.01. The van der Waals surface area contributed by atoms with Crippen LogP contribution in [0.3, 0.4) is 0 Å². The second kappa shape index (κ2) is 4.79. The monoisotopic (exact) mass is 211 g/mol. The molecule has 1 saturated heterocycles. The van der Waals surface area contributed by atoms with Crippen LogP contribution in [0.25, 0.3) is 0 Å². The van der Waals surface area contributed by atoms with E-state index in [2.05, 4.69) is 11.9 Å². The van der Waals surface area contributed by atoms with E-state index in [-0.39, 0.29) is 11.9 Å². The molecule has 1 heterocycles. The fourth-order valence-corrected chi connectivity index (χ4v) is 2.01. The van der Waals surface area contributed by atoms with Crippen molar-refractivity contribution in [3.8, 4) is 0 Å². The van der Waals surface area contributed by atoms with Gasteiger partial charge in [0.2, 0.25) is 0 Å². The van der Waals surface area contributed by atoms with Gasteiger partial charge in [-0.3, -0.25) is 0 Å². The number of allylic oxidation sites excluding steroid dienone is 3. The number of piperidine rings is 1. The Morgan fingerprint density at radius 2 is 1.93 bits per heavy atom. The minimum absolute atomic E-state index is 0.180. The Bertz CT molecular complexity index is 277. The SMILES string of the molecule is CN1CCC(OC2=CCCC=C2F)CC1. The van der Waals surface area contributed by atoms with Gasteiger partial charge in [-0.2, -0.15) is 0 Å². The molecule has 0 aromatic rings. The van der Waals surface area contributed by atoms with Crippen LogP contribution in [0.15, 0.2) is 23.7 Å². The summed E-state index contributed by atoms with van der Waals surface area (Å²) in [5, 5.41) is 0. The van der Waals surface area contributed by atoms with Gasteiger partial charge in [-0.25, -0.2) is 4.39 Å². The molecule has 3 heteroatoms. The van der Waals surface area contributed by atoms with E-state index in [4.69, 9.17) is 4.74 Å². The van der Waals surface area contributed by atoms with Gasteiger partial charge in [-0.05, 0) is 44.9 Å². The van der Waals surface area contributed by atoms with Crippen LogP contribution in [0.5, 0.6) is 0 Å². The molecule has 0 N–H and O–H groups in total. The number of likely N-dealkylation sites (tertiary alicyclic amines) is 1. The minimum atomic E-state index is -0.180. The maximum absolute atomic E-state index is 13.3. The molecule has 2 rings (SSSR count). The molecule has 1 aliphatic heterocycles. The smallest absolute Gasteiger partial charge is 0.160 e. The zero-order valence-electron chi connectivity index (χ0n) is 9.21. The Hall–Kier alpha value is -0.830. The second-order valence-electron chi connectivity index (χ2n) is 4.32. The molecular formula is C12H18FNO. The molecule has 1 fully saturated rings. The number of rotatable bonds is 2. The predicted octanol–water partition coefficient (Wildman–Crippen LogP) is 2.63. The molecule has 0 spiro atoms. The van der Waals surface area contributed by atoms with Crippen molar-refractivity contribution in [3.05, 3.63) is 23.7 Å². The van der Waals surface area contributed by atoms with Crippen molar-refractivity contribution in [2.75, 3.05) is 20.1 Å². The lowest BCUT2D eigenvalue weighted by molar-refractivity contribution is 0.0570. The van der Waals surface area contributed by atoms with E-state index < -0.39 is 0 Å². The van der Waals surface area contributed by atoms with Gasteiger partial charge in [0, 0.05) is 13.1 Å². The van der Waals surface area contributed by atoms with Crippen molar-refractivity contribution in [3.63, 3.8) is 0 Å². The highest BCUT2D eigenvalue weighted by molar-refractivity contribution is 5.23. The molecule has 0 radical (unpaired) electrons. The topological polar surface area (TPSA) is 12.5 Å². The first-order valence-corrected chi connectivity index (χ1v) is 5.67.